The third-order valence-electron chi connectivity index (χ3n) is 10.1. The van der Waals surface area contributed by atoms with Crippen LogP contribution in [0.2, 0.25) is 0 Å². The van der Waals surface area contributed by atoms with Gasteiger partial charge in [0.15, 0.2) is 0 Å². The summed E-state index contributed by atoms with van der Waals surface area (Å²) in [5.74, 6) is 0.741. The molecule has 0 unspecified atom stereocenters. The predicted molar refractivity (Wildman–Crippen MR) is 200 cm³/mol. The van der Waals surface area contributed by atoms with E-state index in [1.807, 2.05) is 48.1 Å². The number of nitrogens with zero attached hydrogens (tertiary/aromatic N) is 4. The molecule has 254 valence electrons. The number of rotatable bonds is 7. The van der Waals surface area contributed by atoms with Crippen LogP contribution in [0.25, 0.3) is 5.69 Å². The Morgan fingerprint density at radius 1 is 0.667 bits per heavy atom. The molecule has 5 aromatic carbocycles. The molecule has 1 aliphatic rings. The molecule has 0 spiro atoms. The molecule has 0 fully saturated rings. The van der Waals surface area contributed by atoms with Crippen molar-refractivity contribution in [2.75, 3.05) is 12.0 Å². The molecule has 7 aromatic rings. The number of aromatic nitrogens is 3. The molecule has 0 amide bonds. The predicted octanol–water partition coefficient (Wildman–Crippen LogP) is 9.98. The van der Waals surface area contributed by atoms with Gasteiger partial charge in [-0.2, -0.15) is 29.4 Å². The van der Waals surface area contributed by atoms with E-state index in [2.05, 4.69) is 141 Å². The normalized spacial score (nSPS) is 13.7. The molecule has 2 aromatic heterocycles. The van der Waals surface area contributed by atoms with Crippen LogP contribution in [0.15, 0.2) is 140 Å². The fraction of sp³-hybridized carbons (Fsp3) is 0.156. The monoisotopic (exact) mass is 756 g/mol. The van der Waals surface area contributed by atoms with E-state index in [1.54, 1.807) is 7.11 Å². The minimum absolute atomic E-state index is 0. The SMILES string of the molecule is COc1ccccc1N(c1[c-]c(-n2nc(C)cc2C)ccc1)c1[c-]c(C2(c3ccccn3)c3ccccc3C(C)(C)c3ccccc32)ccc1.[Pd+2]. The second-order valence-corrected chi connectivity index (χ2v) is 13.4. The van der Waals surface area contributed by atoms with E-state index in [1.165, 1.54) is 22.3 Å². The summed E-state index contributed by atoms with van der Waals surface area (Å²) in [4.78, 5) is 7.28. The summed E-state index contributed by atoms with van der Waals surface area (Å²) < 4.78 is 7.90. The van der Waals surface area contributed by atoms with Crippen molar-refractivity contribution in [3.05, 3.63) is 197 Å². The largest absolute Gasteiger partial charge is 2.00 e. The van der Waals surface area contributed by atoms with E-state index in [9.17, 15) is 0 Å². The van der Waals surface area contributed by atoms with Crippen LogP contribution in [0, 0.1) is 26.0 Å². The van der Waals surface area contributed by atoms with Gasteiger partial charge in [-0.25, -0.2) is 0 Å². The van der Waals surface area contributed by atoms with Crippen molar-refractivity contribution in [2.24, 2.45) is 0 Å². The number of para-hydroxylation sites is 2. The Balaban J connectivity index is 0.00000406. The van der Waals surface area contributed by atoms with Gasteiger partial charge in [0.05, 0.1) is 29.6 Å². The van der Waals surface area contributed by atoms with Gasteiger partial charge in [-0.3, -0.25) is 9.67 Å². The Bertz CT molecular complexity index is 2300. The third-order valence-corrected chi connectivity index (χ3v) is 10.1. The molecule has 51 heavy (non-hydrogen) atoms. The molecule has 0 bridgehead atoms. The molecule has 0 radical (unpaired) electrons. The Labute approximate surface area is 314 Å². The van der Waals surface area contributed by atoms with Crippen molar-refractivity contribution in [3.8, 4) is 11.4 Å². The zero-order valence-corrected chi connectivity index (χ0v) is 30.8. The van der Waals surface area contributed by atoms with Gasteiger partial charge in [-0.1, -0.05) is 92.0 Å². The van der Waals surface area contributed by atoms with E-state index >= 15 is 0 Å². The van der Waals surface area contributed by atoms with Crippen molar-refractivity contribution in [1.82, 2.24) is 14.8 Å². The van der Waals surface area contributed by atoms with Crippen molar-refractivity contribution < 1.29 is 25.2 Å². The van der Waals surface area contributed by atoms with Gasteiger partial charge in [-0.05, 0) is 72.1 Å². The van der Waals surface area contributed by atoms with Crippen LogP contribution in [0.1, 0.15) is 58.7 Å². The minimum atomic E-state index is -0.734. The van der Waals surface area contributed by atoms with E-state index in [0.717, 1.165) is 51.1 Å². The summed E-state index contributed by atoms with van der Waals surface area (Å²) in [5, 5.41) is 4.76. The average Bonchev–Trinajstić information content (AvgIpc) is 3.50. The Morgan fingerprint density at radius 3 is 1.90 bits per heavy atom. The number of hydrogen-bond donors (Lipinski definition) is 0. The number of hydrogen-bond acceptors (Lipinski definition) is 4. The van der Waals surface area contributed by atoms with Crippen molar-refractivity contribution >= 4 is 17.1 Å². The summed E-state index contributed by atoms with van der Waals surface area (Å²) in [6, 6.07) is 54.3. The zero-order valence-electron chi connectivity index (χ0n) is 29.3. The third kappa shape index (κ3) is 5.51. The molecule has 0 atom stereocenters. The van der Waals surface area contributed by atoms with Gasteiger partial charge in [0, 0.05) is 17.3 Å². The molecule has 0 N–H and O–H groups in total. The molecule has 8 rings (SSSR count). The summed E-state index contributed by atoms with van der Waals surface area (Å²) in [6.45, 7) is 8.72. The van der Waals surface area contributed by atoms with Crippen LogP contribution in [-0.4, -0.2) is 21.9 Å². The molecule has 6 heteroatoms. The Hall–Kier alpha value is -5.28. The first-order valence-electron chi connectivity index (χ1n) is 17.0. The number of aryl methyl sites for hydroxylation is 2. The fourth-order valence-corrected chi connectivity index (χ4v) is 7.87. The first kappa shape index (κ1) is 34.2. The first-order chi connectivity index (χ1) is 24.3. The number of ether oxygens (including phenoxy) is 1. The maximum atomic E-state index is 5.96. The maximum Gasteiger partial charge on any atom is 2.00 e. The first-order valence-corrected chi connectivity index (χ1v) is 17.0. The maximum absolute atomic E-state index is 5.96. The van der Waals surface area contributed by atoms with E-state index in [4.69, 9.17) is 14.8 Å². The van der Waals surface area contributed by atoms with Crippen molar-refractivity contribution in [1.29, 1.82) is 0 Å². The number of benzene rings is 5. The molecule has 0 saturated heterocycles. The van der Waals surface area contributed by atoms with Gasteiger partial charge in [0.2, 0.25) is 0 Å². The van der Waals surface area contributed by atoms with Crippen molar-refractivity contribution in [2.45, 2.75) is 38.5 Å². The number of methoxy groups -OCH3 is 1. The molecular formula is C45H38N4OPd. The summed E-state index contributed by atoms with van der Waals surface area (Å²) in [5.41, 5.74) is 11.4. The number of fused-ring (bicyclic) bond motifs is 2. The van der Waals surface area contributed by atoms with Crippen LogP contribution in [-0.2, 0) is 31.3 Å². The van der Waals surface area contributed by atoms with Crippen LogP contribution in [0.5, 0.6) is 5.75 Å². The molecule has 5 nitrogen and oxygen atoms in total. The van der Waals surface area contributed by atoms with E-state index < -0.39 is 5.41 Å². The van der Waals surface area contributed by atoms with Gasteiger partial charge in [0.1, 0.15) is 5.75 Å². The van der Waals surface area contributed by atoms with Crippen LogP contribution < -0.4 is 9.64 Å². The fourth-order valence-electron chi connectivity index (χ4n) is 7.87. The van der Waals surface area contributed by atoms with Gasteiger partial charge in [-0.15, -0.1) is 29.8 Å². The molecular weight excluding hydrogens is 719 g/mol. The smallest absolute Gasteiger partial charge is 0.495 e. The minimum Gasteiger partial charge on any atom is -0.495 e. The second kappa shape index (κ2) is 13.5. The van der Waals surface area contributed by atoms with Crippen LogP contribution in [0.4, 0.5) is 17.1 Å². The van der Waals surface area contributed by atoms with Crippen LogP contribution >= 0.6 is 0 Å². The summed E-state index contributed by atoms with van der Waals surface area (Å²) in [6.07, 6.45) is 1.90. The van der Waals surface area contributed by atoms with Gasteiger partial charge < -0.3 is 9.64 Å². The molecule has 0 aliphatic heterocycles. The second-order valence-electron chi connectivity index (χ2n) is 13.4. The standard InChI is InChI=1S/C45H38N4O.Pd/c1-31-28-32(2)49(47-31)36-19-15-18-35(30-36)48(41-24-10-11-25-42(41)50-5)34-17-14-16-33(29-34)45(43-26-12-13-27-46-43)39-22-8-6-20-37(39)44(3,4)38-21-7-9-23-40(38)45;/h6-28H,1-5H3;/q-2;+2. The average molecular weight is 757 g/mol. The number of pyridine rings is 1. The number of anilines is 3. The van der Waals surface area contributed by atoms with E-state index in [-0.39, 0.29) is 25.8 Å². The van der Waals surface area contributed by atoms with Crippen LogP contribution in [0.3, 0.4) is 0 Å². The van der Waals surface area contributed by atoms with Gasteiger partial charge >= 0.3 is 20.4 Å². The van der Waals surface area contributed by atoms with Gasteiger partial charge in [0.25, 0.3) is 0 Å². The summed E-state index contributed by atoms with van der Waals surface area (Å²) in [7, 11) is 1.71. The summed E-state index contributed by atoms with van der Waals surface area (Å²) >= 11 is 0. The quantitative estimate of drug-likeness (QED) is 0.120. The molecule has 2 heterocycles. The topological polar surface area (TPSA) is 43.2 Å². The van der Waals surface area contributed by atoms with Crippen molar-refractivity contribution in [3.63, 3.8) is 0 Å². The Kier molecular flexibility index (Phi) is 9.02. The molecule has 0 saturated carbocycles. The van der Waals surface area contributed by atoms with E-state index in [0.29, 0.717) is 0 Å². The molecule has 1 aliphatic carbocycles. The Morgan fingerprint density at radius 2 is 1.27 bits per heavy atom. The zero-order chi connectivity index (χ0) is 34.5.